The van der Waals surface area contributed by atoms with Crippen LogP contribution >= 0.6 is 0 Å². The van der Waals surface area contributed by atoms with Gasteiger partial charge in [-0.05, 0) is 28.7 Å². The zero-order chi connectivity index (χ0) is 12.5. The van der Waals surface area contributed by atoms with E-state index in [-0.39, 0.29) is 11.2 Å². The number of benzene rings is 1. The second kappa shape index (κ2) is 4.32. The summed E-state index contributed by atoms with van der Waals surface area (Å²) < 4.78 is 15.5. The van der Waals surface area contributed by atoms with Gasteiger partial charge in [-0.1, -0.05) is 26.8 Å². The quantitative estimate of drug-likeness (QED) is 0.776. The van der Waals surface area contributed by atoms with Gasteiger partial charge in [-0.25, -0.2) is 9.37 Å². The monoisotopic (exact) mass is 232 g/mol. The topological polar surface area (TPSA) is 17.8 Å². The Labute approximate surface area is 101 Å². The summed E-state index contributed by atoms with van der Waals surface area (Å²) >= 11 is 0. The second-order valence-electron chi connectivity index (χ2n) is 5.33. The number of halogens is 1. The molecule has 1 aromatic carbocycles. The Bertz CT molecular complexity index is 495. The van der Waals surface area contributed by atoms with Gasteiger partial charge in [-0.3, -0.25) is 0 Å². The fourth-order valence-corrected chi connectivity index (χ4v) is 1.77. The molecule has 0 amide bonds. The molecule has 0 N–H and O–H groups in total. The van der Waals surface area contributed by atoms with Crippen molar-refractivity contribution in [2.24, 2.45) is 0 Å². The lowest BCUT2D eigenvalue weighted by molar-refractivity contribution is 0.569. The molecule has 2 rings (SSSR count). The molecular weight excluding hydrogens is 215 g/mol. The first-order valence-electron chi connectivity index (χ1n) is 5.71. The summed E-state index contributed by atoms with van der Waals surface area (Å²) in [7, 11) is 0. The van der Waals surface area contributed by atoms with Crippen LogP contribution in [-0.2, 0) is 12.0 Å². The van der Waals surface area contributed by atoms with Crippen LogP contribution < -0.4 is 0 Å². The van der Waals surface area contributed by atoms with Crippen molar-refractivity contribution in [2.45, 2.75) is 32.7 Å². The first-order valence-corrected chi connectivity index (χ1v) is 5.71. The van der Waals surface area contributed by atoms with Gasteiger partial charge in [0.2, 0.25) is 0 Å². The molecule has 0 aliphatic heterocycles. The summed E-state index contributed by atoms with van der Waals surface area (Å²) in [5, 5.41) is 0. The van der Waals surface area contributed by atoms with Crippen LogP contribution in [0.2, 0.25) is 0 Å². The smallest absolute Gasteiger partial charge is 0.123 e. The van der Waals surface area contributed by atoms with Crippen LogP contribution in [0.1, 0.15) is 31.9 Å². The molecule has 0 saturated carbocycles. The van der Waals surface area contributed by atoms with Crippen molar-refractivity contribution in [3.8, 4) is 0 Å². The molecule has 0 aliphatic carbocycles. The van der Waals surface area contributed by atoms with Crippen LogP contribution in [0.3, 0.4) is 0 Å². The van der Waals surface area contributed by atoms with Gasteiger partial charge in [-0.2, -0.15) is 0 Å². The maximum Gasteiger partial charge on any atom is 0.123 e. The summed E-state index contributed by atoms with van der Waals surface area (Å²) in [6.07, 6.45) is 5.34. The largest absolute Gasteiger partial charge is 0.333 e. The Kier molecular flexibility index (Phi) is 3.01. The summed E-state index contributed by atoms with van der Waals surface area (Å²) in [5.41, 5.74) is 1.95. The molecule has 0 atom stereocenters. The molecule has 1 heterocycles. The van der Waals surface area contributed by atoms with Crippen molar-refractivity contribution in [3.05, 3.63) is 53.9 Å². The molecule has 3 heteroatoms. The standard InChI is InChI=1S/C14H17FN2/c1-14(2,3)12-6-11(7-13(15)8-12)9-17-5-4-16-10-17/h4-8,10H,9H2,1-3H3. The van der Waals surface area contributed by atoms with E-state index in [0.29, 0.717) is 6.54 Å². The van der Waals surface area contributed by atoms with E-state index in [9.17, 15) is 4.39 Å². The van der Waals surface area contributed by atoms with Crippen molar-refractivity contribution in [2.75, 3.05) is 0 Å². The number of nitrogens with zero attached hydrogens (tertiary/aromatic N) is 2. The van der Waals surface area contributed by atoms with Crippen molar-refractivity contribution in [1.29, 1.82) is 0 Å². The first-order chi connectivity index (χ1) is 7.95. The minimum Gasteiger partial charge on any atom is -0.333 e. The van der Waals surface area contributed by atoms with E-state index in [4.69, 9.17) is 0 Å². The lowest BCUT2D eigenvalue weighted by Gasteiger charge is -2.20. The normalized spacial score (nSPS) is 11.8. The average Bonchev–Trinajstić information content (AvgIpc) is 2.68. The average molecular weight is 232 g/mol. The van der Waals surface area contributed by atoms with Gasteiger partial charge >= 0.3 is 0 Å². The molecule has 0 unspecified atom stereocenters. The SMILES string of the molecule is CC(C)(C)c1cc(F)cc(Cn2ccnc2)c1. The lowest BCUT2D eigenvalue weighted by Crippen LogP contribution is -2.12. The van der Waals surface area contributed by atoms with Crippen molar-refractivity contribution in [3.63, 3.8) is 0 Å². The Morgan fingerprint density at radius 2 is 2.00 bits per heavy atom. The van der Waals surface area contributed by atoms with E-state index in [0.717, 1.165) is 11.1 Å². The summed E-state index contributed by atoms with van der Waals surface area (Å²) in [5.74, 6) is -0.174. The number of aromatic nitrogens is 2. The van der Waals surface area contributed by atoms with E-state index in [1.807, 2.05) is 10.8 Å². The minimum atomic E-state index is -0.174. The van der Waals surface area contributed by atoms with Crippen molar-refractivity contribution in [1.82, 2.24) is 9.55 Å². The van der Waals surface area contributed by atoms with E-state index < -0.39 is 0 Å². The molecule has 2 nitrogen and oxygen atoms in total. The highest BCUT2D eigenvalue weighted by Crippen LogP contribution is 2.24. The first kappa shape index (κ1) is 11.8. The van der Waals surface area contributed by atoms with E-state index in [2.05, 4.69) is 31.8 Å². The molecule has 2 aromatic rings. The summed E-state index contributed by atoms with van der Waals surface area (Å²) in [4.78, 5) is 3.98. The Morgan fingerprint density at radius 3 is 2.59 bits per heavy atom. The molecular formula is C14H17FN2. The Morgan fingerprint density at radius 1 is 1.24 bits per heavy atom. The van der Waals surface area contributed by atoms with Gasteiger partial charge in [0.25, 0.3) is 0 Å². The van der Waals surface area contributed by atoms with Crippen molar-refractivity contribution >= 4 is 0 Å². The maximum atomic E-state index is 13.6. The summed E-state index contributed by atoms with van der Waals surface area (Å²) in [6.45, 7) is 6.91. The summed E-state index contributed by atoms with van der Waals surface area (Å²) in [6, 6.07) is 5.25. The van der Waals surface area contributed by atoms with Crippen LogP contribution in [0.15, 0.2) is 36.9 Å². The van der Waals surface area contributed by atoms with Gasteiger partial charge in [-0.15, -0.1) is 0 Å². The molecule has 0 bridgehead atoms. The third-order valence-electron chi connectivity index (χ3n) is 2.75. The van der Waals surface area contributed by atoms with Gasteiger partial charge in [0.05, 0.1) is 6.33 Å². The minimum absolute atomic E-state index is 0.0359. The van der Waals surface area contributed by atoms with E-state index >= 15 is 0 Å². The lowest BCUT2D eigenvalue weighted by atomic mass is 9.86. The third kappa shape index (κ3) is 2.93. The van der Waals surface area contributed by atoms with Crippen LogP contribution in [0, 0.1) is 5.82 Å². The van der Waals surface area contributed by atoms with E-state index in [1.54, 1.807) is 24.7 Å². The van der Waals surface area contributed by atoms with Gasteiger partial charge < -0.3 is 4.57 Å². The number of imidazole rings is 1. The highest BCUT2D eigenvalue weighted by Gasteiger charge is 2.15. The Balaban J connectivity index is 2.32. The molecule has 17 heavy (non-hydrogen) atoms. The van der Waals surface area contributed by atoms with Crippen molar-refractivity contribution < 1.29 is 4.39 Å². The molecule has 0 spiro atoms. The molecule has 1 aromatic heterocycles. The highest BCUT2D eigenvalue weighted by atomic mass is 19.1. The molecule has 0 radical (unpaired) electrons. The van der Waals surface area contributed by atoms with Crippen LogP contribution in [0.5, 0.6) is 0 Å². The van der Waals surface area contributed by atoms with Gasteiger partial charge in [0, 0.05) is 18.9 Å². The predicted octanol–water partition coefficient (Wildman–Crippen LogP) is 3.37. The molecule has 0 aliphatic rings. The fourth-order valence-electron chi connectivity index (χ4n) is 1.77. The van der Waals surface area contributed by atoms with E-state index in [1.165, 1.54) is 0 Å². The maximum absolute atomic E-state index is 13.6. The fraction of sp³-hybridized carbons (Fsp3) is 0.357. The zero-order valence-electron chi connectivity index (χ0n) is 10.4. The second-order valence-corrected chi connectivity index (χ2v) is 5.33. The van der Waals surface area contributed by atoms with Crippen LogP contribution in [0.25, 0.3) is 0 Å². The molecule has 0 fully saturated rings. The number of hydrogen-bond donors (Lipinski definition) is 0. The molecule has 90 valence electrons. The molecule has 0 saturated heterocycles. The third-order valence-corrected chi connectivity index (χ3v) is 2.75. The number of rotatable bonds is 2. The predicted molar refractivity (Wildman–Crippen MR) is 66.4 cm³/mol. The highest BCUT2D eigenvalue weighted by molar-refractivity contribution is 5.29. The van der Waals surface area contributed by atoms with Crippen LogP contribution in [0.4, 0.5) is 4.39 Å². The van der Waals surface area contributed by atoms with Gasteiger partial charge in [0.1, 0.15) is 5.82 Å². The van der Waals surface area contributed by atoms with Crippen LogP contribution in [-0.4, -0.2) is 9.55 Å². The Hall–Kier alpha value is -1.64. The number of hydrogen-bond acceptors (Lipinski definition) is 1. The zero-order valence-corrected chi connectivity index (χ0v) is 10.4. The van der Waals surface area contributed by atoms with Gasteiger partial charge in [0.15, 0.2) is 0 Å².